The van der Waals surface area contributed by atoms with Crippen LogP contribution in [0.2, 0.25) is 0 Å². The minimum absolute atomic E-state index is 0.0870. The summed E-state index contributed by atoms with van der Waals surface area (Å²) in [4.78, 5) is 40.9. The Morgan fingerprint density at radius 2 is 1.89 bits per heavy atom. The number of rotatable bonds is 8. The smallest absolute Gasteiger partial charge is 0.329 e. The van der Waals surface area contributed by atoms with Crippen LogP contribution in [-0.4, -0.2) is 82.7 Å². The molecule has 0 aromatic carbocycles. The normalized spacial score (nSPS) is 33.8. The Labute approximate surface area is 219 Å². The largest absolute Gasteiger partial charge is 0.457 e. The fourth-order valence-corrected chi connectivity index (χ4v) is 5.27. The summed E-state index contributed by atoms with van der Waals surface area (Å²) in [6.45, 7) is 7.57. The molecule has 9 heteroatoms. The van der Waals surface area contributed by atoms with E-state index in [0.29, 0.717) is 38.5 Å². The highest BCUT2D eigenvalue weighted by Crippen LogP contribution is 2.36. The fourth-order valence-electron chi connectivity index (χ4n) is 5.27. The number of amides is 1. The molecule has 2 N–H and O–H groups in total. The maximum atomic E-state index is 13.3. The number of allylic oxidation sites excluding steroid dienone is 2. The number of Topliss-reactive ketones (excluding diaryl/α,β-unsaturated/α-hetero) is 1. The van der Waals surface area contributed by atoms with Crippen molar-refractivity contribution < 1.29 is 38.8 Å². The second-order valence-electron chi connectivity index (χ2n) is 11.0. The van der Waals surface area contributed by atoms with Gasteiger partial charge in [0.25, 0.3) is 11.7 Å². The molecule has 0 saturated carbocycles. The van der Waals surface area contributed by atoms with E-state index < -0.39 is 47.6 Å². The molecular weight excluding hydrogens is 478 g/mol. The van der Waals surface area contributed by atoms with Gasteiger partial charge in [-0.15, -0.1) is 0 Å². The molecule has 3 aliphatic rings. The monoisotopic (exact) mass is 521 g/mol. The van der Waals surface area contributed by atoms with E-state index >= 15 is 0 Å². The molecule has 0 aromatic rings. The molecule has 9 nitrogen and oxygen atoms in total. The highest BCUT2D eigenvalue weighted by atomic mass is 16.6. The van der Waals surface area contributed by atoms with Gasteiger partial charge in [0.1, 0.15) is 18.2 Å². The van der Waals surface area contributed by atoms with E-state index in [1.54, 1.807) is 27.0 Å². The number of aliphatic hydroxyl groups excluding tert-OH is 1. The Morgan fingerprint density at radius 1 is 1.16 bits per heavy atom. The maximum absolute atomic E-state index is 13.3. The van der Waals surface area contributed by atoms with Gasteiger partial charge in [0, 0.05) is 19.6 Å². The van der Waals surface area contributed by atoms with Crippen LogP contribution in [0.25, 0.3) is 0 Å². The van der Waals surface area contributed by atoms with Crippen molar-refractivity contribution in [3.05, 3.63) is 23.8 Å². The van der Waals surface area contributed by atoms with Gasteiger partial charge in [0.05, 0.1) is 12.2 Å². The van der Waals surface area contributed by atoms with Gasteiger partial charge in [-0.3, -0.25) is 9.59 Å². The second kappa shape index (κ2) is 12.7. The molecule has 7 unspecified atom stereocenters. The average Bonchev–Trinajstić information content (AvgIpc) is 2.88. The Hall–Kier alpha value is -2.07. The van der Waals surface area contributed by atoms with Crippen molar-refractivity contribution in [3.63, 3.8) is 0 Å². The van der Waals surface area contributed by atoms with Gasteiger partial charge < -0.3 is 29.3 Å². The number of piperidine rings is 1. The number of hydrogen-bond acceptors (Lipinski definition) is 8. The minimum Gasteiger partial charge on any atom is -0.457 e. The lowest BCUT2D eigenvalue weighted by Crippen LogP contribution is -2.61. The van der Waals surface area contributed by atoms with Crippen LogP contribution in [0, 0.1) is 11.8 Å². The Kier molecular flexibility index (Phi) is 10.1. The molecular formula is C28H43NO8. The van der Waals surface area contributed by atoms with E-state index in [-0.39, 0.29) is 24.7 Å². The number of aliphatic hydroxyl groups is 2. The Bertz CT molecular complexity index is 899. The number of esters is 1. The van der Waals surface area contributed by atoms with Crippen molar-refractivity contribution in [1.29, 1.82) is 0 Å². The zero-order chi connectivity index (χ0) is 27.3. The standard InChI is InChI=1S/C28H43NO8/c1-17(2)23-14-9-18(3)28(34,37-23)25(31)26(32)29-15-7-6-8-21(29)27(33)36-19(4)10-11-20-12-13-22(30)24(16-20)35-5/h10-11,16-19,21-24,30,34H,6-9,12-15H2,1-5H3/b11-10+. The van der Waals surface area contributed by atoms with Crippen LogP contribution < -0.4 is 0 Å². The molecule has 2 heterocycles. The fraction of sp³-hybridized carbons (Fsp3) is 0.750. The third-order valence-corrected chi connectivity index (χ3v) is 7.82. The van der Waals surface area contributed by atoms with Gasteiger partial charge in [-0.1, -0.05) is 32.9 Å². The van der Waals surface area contributed by atoms with Crippen LogP contribution in [0.4, 0.5) is 0 Å². The van der Waals surface area contributed by atoms with Gasteiger partial charge >= 0.3 is 5.97 Å². The number of methoxy groups -OCH3 is 1. The van der Waals surface area contributed by atoms with Crippen molar-refractivity contribution in [1.82, 2.24) is 4.90 Å². The minimum atomic E-state index is -2.20. The summed E-state index contributed by atoms with van der Waals surface area (Å²) in [7, 11) is 1.55. The Balaban J connectivity index is 1.66. The number of ether oxygens (including phenoxy) is 3. The summed E-state index contributed by atoms with van der Waals surface area (Å²) >= 11 is 0. The summed E-state index contributed by atoms with van der Waals surface area (Å²) in [6.07, 6.45) is 7.98. The number of likely N-dealkylation sites (tertiary alicyclic amines) is 1. The maximum Gasteiger partial charge on any atom is 0.329 e. The van der Waals surface area contributed by atoms with Crippen molar-refractivity contribution in [2.45, 2.75) is 109 Å². The highest BCUT2D eigenvalue weighted by molar-refractivity contribution is 6.39. The van der Waals surface area contributed by atoms with E-state index in [1.807, 2.05) is 26.0 Å². The number of ketones is 1. The first-order valence-corrected chi connectivity index (χ1v) is 13.5. The molecule has 7 atom stereocenters. The number of carbonyl (C=O) groups excluding carboxylic acids is 3. The van der Waals surface area contributed by atoms with Crippen LogP contribution in [0.1, 0.15) is 72.6 Å². The summed E-state index contributed by atoms with van der Waals surface area (Å²) in [5, 5.41) is 21.1. The van der Waals surface area contributed by atoms with Crippen molar-refractivity contribution in [2.24, 2.45) is 11.8 Å². The van der Waals surface area contributed by atoms with Crippen molar-refractivity contribution in [3.8, 4) is 0 Å². The van der Waals surface area contributed by atoms with Gasteiger partial charge in [-0.05, 0) is 69.4 Å². The second-order valence-corrected chi connectivity index (χ2v) is 11.0. The van der Waals surface area contributed by atoms with Crippen molar-refractivity contribution in [2.75, 3.05) is 13.7 Å². The zero-order valence-corrected chi connectivity index (χ0v) is 22.7. The molecule has 2 fully saturated rings. The van der Waals surface area contributed by atoms with Crippen LogP contribution >= 0.6 is 0 Å². The van der Waals surface area contributed by atoms with E-state index in [0.717, 1.165) is 12.0 Å². The number of nitrogens with zero attached hydrogens (tertiary/aromatic N) is 1. The number of carbonyl (C=O) groups is 3. The topological polar surface area (TPSA) is 123 Å². The van der Waals surface area contributed by atoms with Crippen LogP contribution in [-0.2, 0) is 28.6 Å². The summed E-state index contributed by atoms with van der Waals surface area (Å²) in [5.41, 5.74) is 0.981. The molecule has 2 aliphatic heterocycles. The van der Waals surface area contributed by atoms with Crippen molar-refractivity contribution >= 4 is 17.7 Å². The van der Waals surface area contributed by atoms with Crippen LogP contribution in [0.5, 0.6) is 0 Å². The third kappa shape index (κ3) is 6.88. The molecule has 0 bridgehead atoms. The predicted molar refractivity (Wildman–Crippen MR) is 136 cm³/mol. The summed E-state index contributed by atoms with van der Waals surface area (Å²) < 4.78 is 16.7. The molecule has 0 radical (unpaired) electrons. The quantitative estimate of drug-likeness (QED) is 0.369. The first-order chi connectivity index (χ1) is 17.5. The van der Waals surface area contributed by atoms with E-state index in [2.05, 4.69) is 0 Å². The van der Waals surface area contributed by atoms with E-state index in [1.165, 1.54) is 4.90 Å². The highest BCUT2D eigenvalue weighted by Gasteiger charge is 2.53. The number of hydrogen-bond donors (Lipinski definition) is 2. The van der Waals surface area contributed by atoms with E-state index in [4.69, 9.17) is 14.2 Å². The zero-order valence-electron chi connectivity index (χ0n) is 22.7. The van der Waals surface area contributed by atoms with Gasteiger partial charge in [0.15, 0.2) is 0 Å². The molecule has 1 aliphatic carbocycles. The molecule has 0 aromatic heterocycles. The Morgan fingerprint density at radius 3 is 2.57 bits per heavy atom. The third-order valence-electron chi connectivity index (χ3n) is 7.82. The lowest BCUT2D eigenvalue weighted by Gasteiger charge is -2.43. The molecule has 0 spiro atoms. The molecule has 3 rings (SSSR count). The lowest BCUT2D eigenvalue weighted by molar-refractivity contribution is -0.269. The van der Waals surface area contributed by atoms with Crippen LogP contribution in [0.3, 0.4) is 0 Å². The van der Waals surface area contributed by atoms with Gasteiger partial charge in [-0.25, -0.2) is 4.79 Å². The lowest BCUT2D eigenvalue weighted by atomic mass is 9.84. The molecule has 37 heavy (non-hydrogen) atoms. The first-order valence-electron chi connectivity index (χ1n) is 13.5. The SMILES string of the molecule is COC1C=C(/C=C/C(C)OC(=O)C2CCCCN2C(=O)C(=O)C2(O)OC(C(C)C)CCC2C)CCC1O. The van der Waals surface area contributed by atoms with Crippen LogP contribution in [0.15, 0.2) is 23.8 Å². The molecule has 2 saturated heterocycles. The van der Waals surface area contributed by atoms with E-state index in [9.17, 15) is 24.6 Å². The van der Waals surface area contributed by atoms with Gasteiger partial charge in [-0.2, -0.15) is 0 Å². The van der Waals surface area contributed by atoms with Gasteiger partial charge in [0.2, 0.25) is 5.79 Å². The molecule has 1 amide bonds. The predicted octanol–water partition coefficient (Wildman–Crippen LogP) is 2.68. The average molecular weight is 522 g/mol. The first kappa shape index (κ1) is 29.5. The summed E-state index contributed by atoms with van der Waals surface area (Å²) in [6, 6.07) is -0.897. The molecule has 208 valence electrons. The summed E-state index contributed by atoms with van der Waals surface area (Å²) in [5.74, 6) is -5.15.